The van der Waals surface area contributed by atoms with Crippen LogP contribution in [-0.2, 0) is 10.0 Å². The van der Waals surface area contributed by atoms with Gasteiger partial charge in [-0.2, -0.15) is 4.31 Å². The van der Waals surface area contributed by atoms with E-state index in [0.717, 1.165) is 11.3 Å². The van der Waals surface area contributed by atoms with Gasteiger partial charge in [-0.15, -0.1) is 5.10 Å². The van der Waals surface area contributed by atoms with E-state index in [1.165, 1.54) is 23.5 Å². The highest BCUT2D eigenvalue weighted by Crippen LogP contribution is 2.32. The molecule has 27 heavy (non-hydrogen) atoms. The van der Waals surface area contributed by atoms with E-state index in [2.05, 4.69) is 10.3 Å². The summed E-state index contributed by atoms with van der Waals surface area (Å²) in [6.07, 6.45) is 1.84. The number of ether oxygens (including phenoxy) is 1. The molecule has 3 aromatic rings. The molecule has 0 saturated carbocycles. The third kappa shape index (κ3) is 3.31. The van der Waals surface area contributed by atoms with Crippen molar-refractivity contribution in [2.75, 3.05) is 20.2 Å². The lowest BCUT2D eigenvalue weighted by molar-refractivity contribution is 0.189. The van der Waals surface area contributed by atoms with E-state index >= 15 is 0 Å². The summed E-state index contributed by atoms with van der Waals surface area (Å²) < 4.78 is 33.7. The Morgan fingerprint density at radius 2 is 1.89 bits per heavy atom. The van der Waals surface area contributed by atoms with Crippen LogP contribution in [-0.4, -0.2) is 47.9 Å². The van der Waals surface area contributed by atoms with Gasteiger partial charge in [0.2, 0.25) is 10.0 Å². The highest BCUT2D eigenvalue weighted by atomic mass is 35.5. The molecule has 2 aromatic carbocycles. The van der Waals surface area contributed by atoms with Crippen LogP contribution >= 0.6 is 11.6 Å². The molecular weight excluding hydrogens is 388 g/mol. The molecule has 0 radical (unpaired) electrons. The number of rotatable bonds is 5. The van der Waals surface area contributed by atoms with E-state index < -0.39 is 10.0 Å². The first kappa shape index (κ1) is 18.0. The molecule has 0 atom stereocenters. The molecule has 1 aromatic heterocycles. The smallest absolute Gasteiger partial charge is 0.243 e. The molecule has 0 amide bonds. The Hall–Kier alpha value is -2.42. The van der Waals surface area contributed by atoms with E-state index in [0.29, 0.717) is 18.8 Å². The summed E-state index contributed by atoms with van der Waals surface area (Å²) in [5.41, 5.74) is 1.74. The molecule has 2 heterocycles. The number of aromatic nitrogens is 3. The summed E-state index contributed by atoms with van der Waals surface area (Å²) in [4.78, 5) is 0.148. The van der Waals surface area contributed by atoms with E-state index in [9.17, 15) is 8.42 Å². The molecule has 140 valence electrons. The lowest BCUT2D eigenvalue weighted by atomic mass is 10.1. The van der Waals surface area contributed by atoms with Crippen molar-refractivity contribution in [2.24, 2.45) is 0 Å². The lowest BCUT2D eigenvalue weighted by Crippen LogP contribution is -2.50. The van der Waals surface area contributed by atoms with Gasteiger partial charge < -0.3 is 4.74 Å². The van der Waals surface area contributed by atoms with Gasteiger partial charge >= 0.3 is 0 Å². The minimum Gasteiger partial charge on any atom is -0.495 e. The van der Waals surface area contributed by atoms with E-state index in [1.807, 2.05) is 36.5 Å². The van der Waals surface area contributed by atoms with Crippen molar-refractivity contribution in [3.8, 4) is 17.0 Å². The maximum atomic E-state index is 12.8. The summed E-state index contributed by atoms with van der Waals surface area (Å²) in [6, 6.07) is 14.1. The Balaban J connectivity index is 1.47. The molecule has 0 N–H and O–H groups in total. The van der Waals surface area contributed by atoms with Gasteiger partial charge in [0, 0.05) is 18.7 Å². The quantitative estimate of drug-likeness (QED) is 0.653. The predicted octanol–water partition coefficient (Wildman–Crippen LogP) is 2.85. The molecule has 1 saturated heterocycles. The molecule has 4 rings (SSSR count). The molecule has 0 aliphatic carbocycles. The Morgan fingerprint density at radius 3 is 2.56 bits per heavy atom. The summed E-state index contributed by atoms with van der Waals surface area (Å²) in [5, 5.41) is 8.59. The predicted molar refractivity (Wildman–Crippen MR) is 101 cm³/mol. The fourth-order valence-electron chi connectivity index (χ4n) is 2.93. The van der Waals surface area contributed by atoms with E-state index in [1.54, 1.807) is 10.7 Å². The van der Waals surface area contributed by atoms with Crippen molar-refractivity contribution in [3.05, 3.63) is 59.8 Å². The molecule has 0 bridgehead atoms. The van der Waals surface area contributed by atoms with Gasteiger partial charge in [-0.3, -0.25) is 0 Å². The van der Waals surface area contributed by atoms with Crippen molar-refractivity contribution in [1.82, 2.24) is 19.3 Å². The SMILES string of the molecule is COc1ccc(S(=O)(=O)N2CC(n3cc(-c4ccccc4)nn3)C2)cc1Cl. The second kappa shape index (κ2) is 6.95. The zero-order valence-electron chi connectivity index (χ0n) is 14.5. The largest absolute Gasteiger partial charge is 0.495 e. The molecule has 7 nitrogen and oxygen atoms in total. The highest BCUT2D eigenvalue weighted by molar-refractivity contribution is 7.89. The van der Waals surface area contributed by atoms with Crippen LogP contribution in [0.1, 0.15) is 6.04 Å². The minimum atomic E-state index is -3.60. The number of sulfonamides is 1. The fourth-order valence-corrected chi connectivity index (χ4v) is 4.80. The number of halogens is 1. The summed E-state index contributed by atoms with van der Waals surface area (Å²) in [7, 11) is -2.12. The maximum Gasteiger partial charge on any atom is 0.243 e. The molecule has 1 fully saturated rings. The first-order valence-corrected chi connectivity index (χ1v) is 10.1. The van der Waals surface area contributed by atoms with Crippen LogP contribution in [0.4, 0.5) is 0 Å². The van der Waals surface area contributed by atoms with Crippen LogP contribution in [0.25, 0.3) is 11.3 Å². The van der Waals surface area contributed by atoms with Crippen molar-refractivity contribution < 1.29 is 13.2 Å². The molecule has 0 spiro atoms. The first-order chi connectivity index (χ1) is 13.0. The topological polar surface area (TPSA) is 77.3 Å². The molecule has 0 unspecified atom stereocenters. The van der Waals surface area contributed by atoms with E-state index in [-0.39, 0.29) is 16.0 Å². The number of hydrogen-bond acceptors (Lipinski definition) is 5. The second-order valence-electron chi connectivity index (χ2n) is 6.22. The average Bonchev–Trinajstić information content (AvgIpc) is 3.10. The van der Waals surface area contributed by atoms with Crippen LogP contribution in [0.2, 0.25) is 5.02 Å². The van der Waals surface area contributed by atoms with Gasteiger partial charge in [-0.05, 0) is 18.2 Å². The zero-order valence-corrected chi connectivity index (χ0v) is 16.1. The Labute approximate surface area is 162 Å². The van der Waals surface area contributed by atoms with Crippen LogP contribution < -0.4 is 4.74 Å². The van der Waals surface area contributed by atoms with Gasteiger partial charge in [-0.25, -0.2) is 13.1 Å². The van der Waals surface area contributed by atoms with Crippen molar-refractivity contribution >= 4 is 21.6 Å². The fraction of sp³-hybridized carbons (Fsp3) is 0.222. The number of methoxy groups -OCH3 is 1. The molecular formula is C18H17ClN4O3S. The number of hydrogen-bond donors (Lipinski definition) is 0. The monoisotopic (exact) mass is 404 g/mol. The van der Waals surface area contributed by atoms with E-state index in [4.69, 9.17) is 16.3 Å². The second-order valence-corrected chi connectivity index (χ2v) is 8.57. The summed E-state index contributed by atoms with van der Waals surface area (Å²) in [5.74, 6) is 0.438. The Bertz CT molecular complexity index is 1060. The van der Waals surface area contributed by atoms with Crippen LogP contribution in [0.5, 0.6) is 5.75 Å². The highest BCUT2D eigenvalue weighted by Gasteiger charge is 2.38. The minimum absolute atomic E-state index is 0.0431. The standard InChI is InChI=1S/C18H17ClN4O3S/c1-26-18-8-7-15(9-16(18)19)27(24,25)22-10-14(11-22)23-12-17(20-21-23)13-5-3-2-4-6-13/h2-9,12,14H,10-11H2,1H3. The van der Waals surface area contributed by atoms with Crippen molar-refractivity contribution in [1.29, 1.82) is 0 Å². The number of benzene rings is 2. The van der Waals surface area contributed by atoms with Gasteiger partial charge in [-0.1, -0.05) is 47.1 Å². The summed E-state index contributed by atoms with van der Waals surface area (Å²) in [6.45, 7) is 0.674. The van der Waals surface area contributed by atoms with Gasteiger partial charge in [0.1, 0.15) is 11.4 Å². The first-order valence-electron chi connectivity index (χ1n) is 8.30. The normalized spacial score (nSPS) is 15.5. The van der Waals surface area contributed by atoms with Crippen LogP contribution in [0, 0.1) is 0 Å². The maximum absolute atomic E-state index is 12.8. The molecule has 1 aliphatic rings. The average molecular weight is 405 g/mol. The van der Waals surface area contributed by atoms with Crippen molar-refractivity contribution in [2.45, 2.75) is 10.9 Å². The van der Waals surface area contributed by atoms with Gasteiger partial charge in [0.05, 0.1) is 29.3 Å². The van der Waals surface area contributed by atoms with Crippen LogP contribution in [0.15, 0.2) is 59.6 Å². The third-order valence-electron chi connectivity index (χ3n) is 4.54. The zero-order chi connectivity index (χ0) is 19.0. The Kier molecular flexibility index (Phi) is 4.63. The van der Waals surface area contributed by atoms with Gasteiger partial charge in [0.15, 0.2) is 0 Å². The van der Waals surface area contributed by atoms with Crippen molar-refractivity contribution in [3.63, 3.8) is 0 Å². The lowest BCUT2D eigenvalue weighted by Gasteiger charge is -2.37. The Morgan fingerprint density at radius 1 is 1.15 bits per heavy atom. The molecule has 9 heteroatoms. The van der Waals surface area contributed by atoms with Gasteiger partial charge in [0.25, 0.3) is 0 Å². The summed E-state index contributed by atoms with van der Waals surface area (Å²) >= 11 is 6.06. The van der Waals surface area contributed by atoms with Crippen LogP contribution in [0.3, 0.4) is 0 Å². The number of nitrogens with zero attached hydrogens (tertiary/aromatic N) is 4. The molecule has 1 aliphatic heterocycles. The third-order valence-corrected chi connectivity index (χ3v) is 6.67.